The highest BCUT2D eigenvalue weighted by Crippen LogP contribution is 2.29. The van der Waals surface area contributed by atoms with Gasteiger partial charge < -0.3 is 4.80 Å². The highest BCUT2D eigenvalue weighted by atomic mass is 28.2. The lowest BCUT2D eigenvalue weighted by molar-refractivity contribution is 0.592. The SMILES string of the molecule is O[Si]C(c1ccccc1)c1cccc2ccccc12. The Kier molecular flexibility index (Phi) is 3.44. The summed E-state index contributed by atoms with van der Waals surface area (Å²) in [4.78, 5) is 9.82. The molecule has 0 amide bonds. The fraction of sp³-hybridized carbons (Fsp3) is 0.0588. The zero-order chi connectivity index (χ0) is 13.1. The molecule has 1 N–H and O–H groups in total. The topological polar surface area (TPSA) is 20.2 Å². The molecule has 1 atom stereocenters. The Morgan fingerprint density at radius 1 is 0.737 bits per heavy atom. The van der Waals surface area contributed by atoms with Crippen LogP contribution in [0.1, 0.15) is 16.7 Å². The van der Waals surface area contributed by atoms with Crippen LogP contribution in [0.4, 0.5) is 0 Å². The quantitative estimate of drug-likeness (QED) is 0.716. The molecule has 2 heteroatoms. The van der Waals surface area contributed by atoms with Crippen LogP contribution in [-0.4, -0.2) is 14.6 Å². The zero-order valence-corrected chi connectivity index (χ0v) is 11.5. The molecule has 0 aliphatic carbocycles. The maximum absolute atomic E-state index is 9.82. The van der Waals surface area contributed by atoms with E-state index in [1.807, 2.05) is 30.3 Å². The lowest BCUT2D eigenvalue weighted by Crippen LogP contribution is -2.09. The molecule has 0 aliphatic rings. The van der Waals surface area contributed by atoms with Crippen molar-refractivity contribution in [2.75, 3.05) is 0 Å². The van der Waals surface area contributed by atoms with Crippen molar-refractivity contribution in [3.05, 3.63) is 83.9 Å². The van der Waals surface area contributed by atoms with E-state index in [9.17, 15) is 4.80 Å². The van der Waals surface area contributed by atoms with Crippen molar-refractivity contribution >= 4 is 20.5 Å². The van der Waals surface area contributed by atoms with E-state index in [0.717, 1.165) is 0 Å². The average Bonchev–Trinajstić information content (AvgIpc) is 2.49. The minimum atomic E-state index is -0.133. The Labute approximate surface area is 115 Å². The van der Waals surface area contributed by atoms with Gasteiger partial charge in [0.1, 0.15) is 0 Å². The Bertz CT molecular complexity index is 674. The summed E-state index contributed by atoms with van der Waals surface area (Å²) in [7, 11) is -0.133. The van der Waals surface area contributed by atoms with Gasteiger partial charge in [0, 0.05) is 5.54 Å². The van der Waals surface area contributed by atoms with Crippen LogP contribution in [0.3, 0.4) is 0 Å². The molecule has 1 nitrogen and oxygen atoms in total. The number of hydrogen-bond donors (Lipinski definition) is 1. The van der Waals surface area contributed by atoms with Gasteiger partial charge in [-0.1, -0.05) is 72.8 Å². The molecule has 0 saturated heterocycles. The second kappa shape index (κ2) is 5.39. The van der Waals surface area contributed by atoms with Gasteiger partial charge in [-0.2, -0.15) is 0 Å². The highest BCUT2D eigenvalue weighted by Gasteiger charge is 2.16. The Hall–Kier alpha value is -1.90. The second-order valence-corrected chi connectivity index (χ2v) is 5.38. The summed E-state index contributed by atoms with van der Waals surface area (Å²) in [5.74, 6) is 0. The van der Waals surface area contributed by atoms with Crippen LogP contribution in [0.25, 0.3) is 10.8 Å². The van der Waals surface area contributed by atoms with Gasteiger partial charge in [0.05, 0.1) is 0 Å². The van der Waals surface area contributed by atoms with Crippen molar-refractivity contribution in [3.8, 4) is 0 Å². The monoisotopic (exact) mass is 262 g/mol. The molecular formula is C17H14OSi. The Morgan fingerprint density at radius 2 is 1.42 bits per heavy atom. The minimum Gasteiger partial charge on any atom is -0.431 e. The van der Waals surface area contributed by atoms with E-state index < -0.39 is 0 Å². The molecule has 2 radical (unpaired) electrons. The van der Waals surface area contributed by atoms with Gasteiger partial charge in [-0.15, -0.1) is 0 Å². The van der Waals surface area contributed by atoms with E-state index in [1.54, 1.807) is 0 Å². The smallest absolute Gasteiger partial charge is 0.237 e. The summed E-state index contributed by atoms with van der Waals surface area (Å²) in [6.45, 7) is 0. The molecule has 19 heavy (non-hydrogen) atoms. The van der Waals surface area contributed by atoms with E-state index >= 15 is 0 Å². The molecular weight excluding hydrogens is 248 g/mol. The first-order chi connectivity index (χ1) is 9.40. The van der Waals surface area contributed by atoms with Gasteiger partial charge >= 0.3 is 0 Å². The molecule has 92 valence electrons. The lowest BCUT2D eigenvalue weighted by Gasteiger charge is -2.16. The van der Waals surface area contributed by atoms with Crippen LogP contribution in [-0.2, 0) is 0 Å². The molecule has 1 unspecified atom stereocenters. The van der Waals surface area contributed by atoms with Crippen molar-refractivity contribution in [3.63, 3.8) is 0 Å². The maximum atomic E-state index is 9.82. The normalized spacial score (nSPS) is 12.5. The van der Waals surface area contributed by atoms with Crippen molar-refractivity contribution in [1.82, 2.24) is 0 Å². The Morgan fingerprint density at radius 3 is 2.21 bits per heavy atom. The first-order valence-corrected chi connectivity index (χ1v) is 7.35. The fourth-order valence-electron chi connectivity index (χ4n) is 2.47. The molecule has 3 rings (SSSR count). The van der Waals surface area contributed by atoms with Crippen molar-refractivity contribution in [2.45, 2.75) is 5.54 Å². The highest BCUT2D eigenvalue weighted by molar-refractivity contribution is 6.30. The summed E-state index contributed by atoms with van der Waals surface area (Å²) >= 11 is 0. The predicted octanol–water partition coefficient (Wildman–Crippen LogP) is 3.54. The van der Waals surface area contributed by atoms with E-state index in [4.69, 9.17) is 0 Å². The van der Waals surface area contributed by atoms with Crippen molar-refractivity contribution in [1.29, 1.82) is 0 Å². The minimum absolute atomic E-state index is 0.0623. The van der Waals surface area contributed by atoms with Crippen LogP contribution in [0.15, 0.2) is 72.8 Å². The van der Waals surface area contributed by atoms with E-state index in [-0.39, 0.29) is 15.3 Å². The molecule has 0 fully saturated rings. The summed E-state index contributed by atoms with van der Waals surface area (Å²) < 4.78 is 0. The third-order valence-corrected chi connectivity index (χ3v) is 4.30. The van der Waals surface area contributed by atoms with Crippen LogP contribution in [0, 0.1) is 0 Å². The van der Waals surface area contributed by atoms with Gasteiger partial charge in [-0.25, -0.2) is 0 Å². The molecule has 0 heterocycles. The first-order valence-electron chi connectivity index (χ1n) is 6.32. The van der Waals surface area contributed by atoms with Gasteiger partial charge in [0.25, 0.3) is 0 Å². The standard InChI is InChI=1S/C17H14OSi/c18-19-17(14-8-2-1-3-9-14)16-12-6-10-13-7-4-5-11-15(13)16/h1-12,17-18H. The van der Waals surface area contributed by atoms with Crippen LogP contribution < -0.4 is 0 Å². The summed E-state index contributed by atoms with van der Waals surface area (Å²) in [6, 6.07) is 24.8. The molecule has 3 aromatic rings. The number of rotatable bonds is 3. The van der Waals surface area contributed by atoms with Crippen molar-refractivity contribution in [2.24, 2.45) is 0 Å². The van der Waals surface area contributed by atoms with Crippen LogP contribution in [0.5, 0.6) is 0 Å². The number of benzene rings is 3. The third-order valence-electron chi connectivity index (χ3n) is 3.40. The maximum Gasteiger partial charge on any atom is 0.237 e. The summed E-state index contributed by atoms with van der Waals surface area (Å²) in [6.07, 6.45) is 0. The molecule has 3 aromatic carbocycles. The summed E-state index contributed by atoms with van der Waals surface area (Å²) in [5, 5.41) is 2.44. The molecule has 0 saturated carbocycles. The molecule has 0 aliphatic heterocycles. The number of hydrogen-bond acceptors (Lipinski definition) is 1. The second-order valence-electron chi connectivity index (χ2n) is 4.54. The van der Waals surface area contributed by atoms with Gasteiger partial charge in [0.2, 0.25) is 9.76 Å². The summed E-state index contributed by atoms with van der Waals surface area (Å²) in [5.41, 5.74) is 2.43. The van der Waals surface area contributed by atoms with Gasteiger partial charge in [0.15, 0.2) is 0 Å². The average molecular weight is 262 g/mol. The largest absolute Gasteiger partial charge is 0.431 e. The third kappa shape index (κ3) is 2.32. The van der Waals surface area contributed by atoms with Gasteiger partial charge in [-0.05, 0) is 21.9 Å². The van der Waals surface area contributed by atoms with Crippen LogP contribution in [0.2, 0.25) is 0 Å². The predicted molar refractivity (Wildman–Crippen MR) is 80.2 cm³/mol. The fourth-order valence-corrected chi connectivity index (χ4v) is 3.20. The first kappa shape index (κ1) is 12.1. The molecule has 0 aromatic heterocycles. The van der Waals surface area contributed by atoms with E-state index in [0.29, 0.717) is 0 Å². The van der Waals surface area contributed by atoms with Crippen molar-refractivity contribution < 1.29 is 4.80 Å². The van der Waals surface area contributed by atoms with E-state index in [1.165, 1.54) is 21.9 Å². The Balaban J connectivity index is 2.17. The lowest BCUT2D eigenvalue weighted by atomic mass is 9.98. The molecule has 0 spiro atoms. The van der Waals surface area contributed by atoms with Crippen LogP contribution >= 0.6 is 0 Å². The van der Waals surface area contributed by atoms with Gasteiger partial charge in [-0.3, -0.25) is 0 Å². The zero-order valence-electron chi connectivity index (χ0n) is 10.5. The van der Waals surface area contributed by atoms with E-state index in [2.05, 4.69) is 42.5 Å². The number of fused-ring (bicyclic) bond motifs is 1. The molecule has 0 bridgehead atoms.